The van der Waals surface area contributed by atoms with E-state index in [-0.39, 0.29) is 0 Å². The minimum Gasteiger partial charge on any atom is -0.330 e. The van der Waals surface area contributed by atoms with E-state index in [0.717, 1.165) is 17.0 Å². The second-order valence-corrected chi connectivity index (χ2v) is 5.07. The van der Waals surface area contributed by atoms with E-state index in [1.54, 1.807) is 6.07 Å². The van der Waals surface area contributed by atoms with Crippen molar-refractivity contribution in [2.45, 2.75) is 26.2 Å². The van der Waals surface area contributed by atoms with Crippen LogP contribution in [0, 0.1) is 5.92 Å². The fourth-order valence-corrected chi connectivity index (χ4v) is 2.31. The van der Waals surface area contributed by atoms with Gasteiger partial charge in [-0.3, -0.25) is 0 Å². The van der Waals surface area contributed by atoms with E-state index in [1.807, 2.05) is 12.1 Å². The van der Waals surface area contributed by atoms with Gasteiger partial charge < -0.3 is 5.73 Å². The van der Waals surface area contributed by atoms with Crippen LogP contribution in [0.3, 0.4) is 0 Å². The van der Waals surface area contributed by atoms with Gasteiger partial charge in [0.1, 0.15) is 0 Å². The van der Waals surface area contributed by atoms with Gasteiger partial charge in [-0.25, -0.2) is 0 Å². The van der Waals surface area contributed by atoms with Gasteiger partial charge in [-0.15, -0.1) is 0 Å². The van der Waals surface area contributed by atoms with E-state index < -0.39 is 0 Å². The quantitative estimate of drug-likeness (QED) is 0.850. The van der Waals surface area contributed by atoms with Crippen molar-refractivity contribution in [1.29, 1.82) is 0 Å². The molecular weight excluding hydrogens is 229 g/mol. The first-order valence-corrected chi connectivity index (χ1v) is 5.95. The van der Waals surface area contributed by atoms with Crippen molar-refractivity contribution >= 4 is 23.2 Å². The molecule has 0 heterocycles. The largest absolute Gasteiger partial charge is 0.330 e. The summed E-state index contributed by atoms with van der Waals surface area (Å²) >= 11 is 12.0. The summed E-state index contributed by atoms with van der Waals surface area (Å²) in [6, 6.07) is 5.62. The molecule has 0 amide bonds. The molecule has 0 aliphatic rings. The Morgan fingerprint density at radius 2 is 1.93 bits per heavy atom. The average molecular weight is 246 g/mol. The average Bonchev–Trinajstić information content (AvgIpc) is 2.14. The maximum Gasteiger partial charge on any atom is 0.0456 e. The predicted molar refractivity (Wildman–Crippen MR) is 67.7 cm³/mol. The van der Waals surface area contributed by atoms with Crippen molar-refractivity contribution in [2.24, 2.45) is 11.7 Å². The second-order valence-electron chi connectivity index (χ2n) is 4.23. The van der Waals surface area contributed by atoms with Crippen molar-refractivity contribution in [3.05, 3.63) is 33.8 Å². The number of rotatable bonds is 4. The van der Waals surface area contributed by atoms with Crippen LogP contribution in [0.15, 0.2) is 18.2 Å². The van der Waals surface area contributed by atoms with Crippen LogP contribution in [0.1, 0.15) is 31.7 Å². The molecule has 1 atom stereocenters. The highest BCUT2D eigenvalue weighted by atomic mass is 35.5. The maximum atomic E-state index is 6.15. The van der Waals surface area contributed by atoms with Crippen LogP contribution in [-0.2, 0) is 0 Å². The lowest BCUT2D eigenvalue weighted by atomic mass is 9.90. The molecule has 0 aliphatic heterocycles. The van der Waals surface area contributed by atoms with Crippen LogP contribution in [0.5, 0.6) is 0 Å². The molecule has 0 radical (unpaired) electrons. The van der Waals surface area contributed by atoms with E-state index in [2.05, 4.69) is 13.8 Å². The third-order valence-electron chi connectivity index (χ3n) is 2.44. The topological polar surface area (TPSA) is 26.0 Å². The predicted octanol–water partition coefficient (Wildman–Crippen LogP) is 4.08. The molecule has 1 unspecified atom stereocenters. The second kappa shape index (κ2) is 5.74. The number of nitrogens with two attached hydrogens (primary N) is 1. The number of halogens is 2. The smallest absolute Gasteiger partial charge is 0.0456 e. The highest BCUT2D eigenvalue weighted by Gasteiger charge is 2.14. The van der Waals surface area contributed by atoms with E-state index in [9.17, 15) is 0 Å². The molecule has 0 fully saturated rings. The SMILES string of the molecule is CC(C)CC(CN)c1ccc(Cl)cc1Cl. The molecule has 3 heteroatoms. The van der Waals surface area contributed by atoms with Gasteiger partial charge in [0.2, 0.25) is 0 Å². The van der Waals surface area contributed by atoms with Crippen molar-refractivity contribution in [3.8, 4) is 0 Å². The lowest BCUT2D eigenvalue weighted by Gasteiger charge is -2.18. The van der Waals surface area contributed by atoms with E-state index in [4.69, 9.17) is 28.9 Å². The Hall–Kier alpha value is -0.240. The Balaban J connectivity index is 2.91. The van der Waals surface area contributed by atoms with Crippen LogP contribution >= 0.6 is 23.2 Å². The third kappa shape index (κ3) is 3.67. The van der Waals surface area contributed by atoms with Gasteiger partial charge in [0.15, 0.2) is 0 Å². The molecule has 2 N–H and O–H groups in total. The molecule has 1 aromatic rings. The van der Waals surface area contributed by atoms with Crippen molar-refractivity contribution in [3.63, 3.8) is 0 Å². The summed E-state index contributed by atoms with van der Waals surface area (Å²) in [5.74, 6) is 0.945. The van der Waals surface area contributed by atoms with Gasteiger partial charge in [-0.05, 0) is 42.5 Å². The summed E-state index contributed by atoms with van der Waals surface area (Å²) in [6.45, 7) is 5.00. The molecule has 1 nitrogen and oxygen atoms in total. The Bertz CT molecular complexity index is 323. The molecule has 15 heavy (non-hydrogen) atoms. The van der Waals surface area contributed by atoms with Crippen LogP contribution in [0.4, 0.5) is 0 Å². The number of hydrogen-bond acceptors (Lipinski definition) is 1. The molecule has 0 saturated carbocycles. The minimum atomic E-state index is 0.328. The van der Waals surface area contributed by atoms with Gasteiger partial charge in [-0.1, -0.05) is 43.1 Å². The van der Waals surface area contributed by atoms with Crippen LogP contribution < -0.4 is 5.73 Å². The fourth-order valence-electron chi connectivity index (χ4n) is 1.75. The van der Waals surface area contributed by atoms with Crippen LogP contribution in [0.2, 0.25) is 10.0 Å². The van der Waals surface area contributed by atoms with Gasteiger partial charge in [0, 0.05) is 10.0 Å². The van der Waals surface area contributed by atoms with Crippen molar-refractivity contribution in [1.82, 2.24) is 0 Å². The monoisotopic (exact) mass is 245 g/mol. The lowest BCUT2D eigenvalue weighted by molar-refractivity contribution is 0.504. The highest BCUT2D eigenvalue weighted by Crippen LogP contribution is 2.30. The van der Waals surface area contributed by atoms with Gasteiger partial charge in [0.05, 0.1) is 0 Å². The van der Waals surface area contributed by atoms with Crippen LogP contribution in [0.25, 0.3) is 0 Å². The molecule has 0 spiro atoms. The summed E-state index contributed by atoms with van der Waals surface area (Å²) in [4.78, 5) is 0. The number of benzene rings is 1. The molecule has 0 aliphatic carbocycles. The lowest BCUT2D eigenvalue weighted by Crippen LogP contribution is -2.15. The molecular formula is C12H17Cl2N. The normalized spacial score (nSPS) is 13.2. The maximum absolute atomic E-state index is 6.15. The summed E-state index contributed by atoms with van der Waals surface area (Å²) in [6.07, 6.45) is 1.05. The Labute approximate surface area is 102 Å². The van der Waals surface area contributed by atoms with Gasteiger partial charge in [0.25, 0.3) is 0 Å². The van der Waals surface area contributed by atoms with Crippen LogP contribution in [-0.4, -0.2) is 6.54 Å². The molecule has 0 aromatic heterocycles. The zero-order valence-electron chi connectivity index (χ0n) is 9.13. The van der Waals surface area contributed by atoms with E-state index in [1.165, 1.54) is 0 Å². The van der Waals surface area contributed by atoms with Crippen molar-refractivity contribution < 1.29 is 0 Å². The number of hydrogen-bond donors (Lipinski definition) is 1. The Kier molecular flexibility index (Phi) is 4.91. The summed E-state index contributed by atoms with van der Waals surface area (Å²) < 4.78 is 0. The van der Waals surface area contributed by atoms with E-state index >= 15 is 0 Å². The van der Waals surface area contributed by atoms with Crippen molar-refractivity contribution in [2.75, 3.05) is 6.54 Å². The molecule has 0 saturated heterocycles. The first kappa shape index (κ1) is 12.8. The molecule has 0 bridgehead atoms. The summed E-state index contributed by atoms with van der Waals surface area (Å²) in [5.41, 5.74) is 6.88. The van der Waals surface area contributed by atoms with E-state index in [0.29, 0.717) is 23.4 Å². The zero-order valence-corrected chi connectivity index (χ0v) is 10.6. The summed E-state index contributed by atoms with van der Waals surface area (Å²) in [7, 11) is 0. The third-order valence-corrected chi connectivity index (χ3v) is 3.01. The fraction of sp³-hybridized carbons (Fsp3) is 0.500. The highest BCUT2D eigenvalue weighted by molar-refractivity contribution is 6.35. The molecule has 1 aromatic carbocycles. The molecule has 84 valence electrons. The first-order valence-electron chi connectivity index (χ1n) is 5.19. The Morgan fingerprint density at radius 1 is 1.27 bits per heavy atom. The van der Waals surface area contributed by atoms with Gasteiger partial charge in [-0.2, -0.15) is 0 Å². The van der Waals surface area contributed by atoms with Gasteiger partial charge >= 0.3 is 0 Å². The Morgan fingerprint density at radius 3 is 2.40 bits per heavy atom. The summed E-state index contributed by atoms with van der Waals surface area (Å²) in [5, 5.41) is 1.39. The first-order chi connectivity index (χ1) is 7.04. The minimum absolute atomic E-state index is 0.328. The zero-order chi connectivity index (χ0) is 11.4. The standard InChI is InChI=1S/C12H17Cl2N/c1-8(2)5-9(7-15)11-4-3-10(13)6-12(11)14/h3-4,6,8-9H,5,7,15H2,1-2H3. The molecule has 1 rings (SSSR count).